The molecule has 1 aromatic rings. The predicted molar refractivity (Wildman–Crippen MR) is 73.0 cm³/mol. The van der Waals surface area contributed by atoms with Crippen LogP contribution in [0.2, 0.25) is 5.02 Å². The highest BCUT2D eigenvalue weighted by Gasteiger charge is 2.40. The van der Waals surface area contributed by atoms with Crippen molar-refractivity contribution in [2.24, 2.45) is 0 Å². The highest BCUT2D eigenvalue weighted by atomic mass is 35.5. The summed E-state index contributed by atoms with van der Waals surface area (Å²) < 4.78 is 22.2. The molecule has 0 radical (unpaired) electrons. The van der Waals surface area contributed by atoms with Gasteiger partial charge >= 0.3 is 0 Å². The van der Waals surface area contributed by atoms with Gasteiger partial charge in [-0.25, -0.2) is 0 Å². The summed E-state index contributed by atoms with van der Waals surface area (Å²) in [5, 5.41) is 0.563. The molecule has 1 heterocycles. The van der Waals surface area contributed by atoms with Gasteiger partial charge in [-0.2, -0.15) is 0 Å². The van der Waals surface area contributed by atoms with Gasteiger partial charge in [-0.3, -0.25) is 0 Å². The average molecular weight is 287 g/mol. The molecular formula is C14H19ClO4. The Morgan fingerprint density at radius 3 is 2.26 bits per heavy atom. The monoisotopic (exact) mass is 286 g/mol. The van der Waals surface area contributed by atoms with Crippen LogP contribution in [0.1, 0.15) is 25.3 Å². The third kappa shape index (κ3) is 2.66. The Balaban J connectivity index is 2.47. The first-order valence-electron chi connectivity index (χ1n) is 6.36. The van der Waals surface area contributed by atoms with Crippen molar-refractivity contribution in [1.82, 2.24) is 0 Å². The zero-order valence-corrected chi connectivity index (χ0v) is 12.3. The summed E-state index contributed by atoms with van der Waals surface area (Å²) in [7, 11) is 3.18. The molecule has 0 bridgehead atoms. The zero-order chi connectivity index (χ0) is 13.9. The lowest BCUT2D eigenvalue weighted by atomic mass is 10.00. The lowest BCUT2D eigenvalue weighted by molar-refractivity contribution is -0.170. The molecule has 0 spiro atoms. The van der Waals surface area contributed by atoms with E-state index in [0.717, 1.165) is 18.4 Å². The third-order valence-corrected chi connectivity index (χ3v) is 3.53. The van der Waals surface area contributed by atoms with Crippen LogP contribution in [0.25, 0.3) is 0 Å². The van der Waals surface area contributed by atoms with E-state index in [4.69, 9.17) is 30.5 Å². The quantitative estimate of drug-likeness (QED) is 0.832. The van der Waals surface area contributed by atoms with Crippen LogP contribution < -0.4 is 9.47 Å². The molecule has 0 amide bonds. The molecule has 19 heavy (non-hydrogen) atoms. The van der Waals surface area contributed by atoms with Gasteiger partial charge in [-0.1, -0.05) is 24.9 Å². The molecule has 1 fully saturated rings. The van der Waals surface area contributed by atoms with Crippen molar-refractivity contribution in [2.45, 2.75) is 25.6 Å². The summed E-state index contributed by atoms with van der Waals surface area (Å²) in [6.45, 7) is 3.23. The van der Waals surface area contributed by atoms with Gasteiger partial charge in [0.1, 0.15) is 0 Å². The third-order valence-electron chi connectivity index (χ3n) is 3.22. The van der Waals surface area contributed by atoms with Crippen molar-refractivity contribution in [3.8, 4) is 11.5 Å². The van der Waals surface area contributed by atoms with Crippen LogP contribution in [0.15, 0.2) is 12.1 Å². The van der Waals surface area contributed by atoms with Crippen molar-refractivity contribution >= 4 is 11.6 Å². The smallest absolute Gasteiger partial charge is 0.196 e. The molecule has 1 saturated heterocycles. The van der Waals surface area contributed by atoms with E-state index in [1.807, 2.05) is 6.07 Å². The molecule has 0 unspecified atom stereocenters. The minimum absolute atomic E-state index is 0.563. The number of halogens is 1. The molecule has 1 aliphatic heterocycles. The largest absolute Gasteiger partial charge is 0.493 e. The lowest BCUT2D eigenvalue weighted by Crippen LogP contribution is -2.27. The fourth-order valence-electron chi connectivity index (χ4n) is 2.36. The van der Waals surface area contributed by atoms with Crippen LogP contribution in [-0.2, 0) is 15.3 Å². The Bertz CT molecular complexity index is 441. The van der Waals surface area contributed by atoms with Crippen molar-refractivity contribution in [3.05, 3.63) is 22.7 Å². The van der Waals surface area contributed by atoms with Crippen LogP contribution in [-0.4, -0.2) is 27.4 Å². The van der Waals surface area contributed by atoms with Gasteiger partial charge < -0.3 is 18.9 Å². The van der Waals surface area contributed by atoms with Crippen molar-refractivity contribution < 1.29 is 18.9 Å². The SMILES string of the molecule is CCCC1(c2cc(OC)c(OC)cc2Cl)OCCO1. The Morgan fingerprint density at radius 2 is 1.74 bits per heavy atom. The highest BCUT2D eigenvalue weighted by Crippen LogP contribution is 2.44. The average Bonchev–Trinajstić information content (AvgIpc) is 2.88. The standard InChI is InChI=1S/C14H19ClO4/c1-4-5-14(18-6-7-19-14)10-8-12(16-2)13(17-3)9-11(10)15/h8-9H,4-7H2,1-3H3. The van der Waals surface area contributed by atoms with E-state index in [2.05, 4.69) is 6.92 Å². The molecular weight excluding hydrogens is 268 g/mol. The first-order chi connectivity index (χ1) is 9.16. The Kier molecular flexibility index (Phi) is 4.55. The summed E-state index contributed by atoms with van der Waals surface area (Å²) in [5.74, 6) is 0.461. The van der Waals surface area contributed by atoms with Crippen LogP contribution in [0.5, 0.6) is 11.5 Å². The second kappa shape index (κ2) is 5.99. The molecule has 0 aliphatic carbocycles. The highest BCUT2D eigenvalue weighted by molar-refractivity contribution is 6.31. The molecule has 1 aromatic carbocycles. The molecule has 0 atom stereocenters. The van der Waals surface area contributed by atoms with E-state index in [1.54, 1.807) is 20.3 Å². The minimum atomic E-state index is -0.759. The molecule has 5 heteroatoms. The number of hydrogen-bond donors (Lipinski definition) is 0. The second-order valence-corrected chi connectivity index (χ2v) is 4.79. The van der Waals surface area contributed by atoms with Crippen LogP contribution in [0.3, 0.4) is 0 Å². The van der Waals surface area contributed by atoms with Crippen LogP contribution in [0.4, 0.5) is 0 Å². The van der Waals surface area contributed by atoms with Crippen LogP contribution in [0, 0.1) is 0 Å². The van der Waals surface area contributed by atoms with Gasteiger partial charge in [-0.05, 0) is 6.07 Å². The molecule has 2 rings (SSSR count). The summed E-state index contributed by atoms with van der Waals surface area (Å²) in [6, 6.07) is 3.57. The summed E-state index contributed by atoms with van der Waals surface area (Å²) in [4.78, 5) is 0. The molecule has 4 nitrogen and oxygen atoms in total. The number of hydrogen-bond acceptors (Lipinski definition) is 4. The van der Waals surface area contributed by atoms with Crippen molar-refractivity contribution in [2.75, 3.05) is 27.4 Å². The maximum absolute atomic E-state index is 6.35. The topological polar surface area (TPSA) is 36.9 Å². The van der Waals surface area contributed by atoms with Crippen molar-refractivity contribution in [3.63, 3.8) is 0 Å². The second-order valence-electron chi connectivity index (χ2n) is 4.39. The van der Waals surface area contributed by atoms with Crippen molar-refractivity contribution in [1.29, 1.82) is 0 Å². The fraction of sp³-hybridized carbons (Fsp3) is 0.571. The maximum atomic E-state index is 6.35. The van der Waals surface area contributed by atoms with E-state index >= 15 is 0 Å². The number of methoxy groups -OCH3 is 2. The van der Waals surface area contributed by atoms with E-state index in [9.17, 15) is 0 Å². The minimum Gasteiger partial charge on any atom is -0.493 e. The number of ether oxygens (including phenoxy) is 4. The summed E-state index contributed by atoms with van der Waals surface area (Å²) in [5.41, 5.74) is 0.797. The van der Waals surface area contributed by atoms with E-state index in [-0.39, 0.29) is 0 Å². The maximum Gasteiger partial charge on any atom is 0.196 e. The number of benzene rings is 1. The van der Waals surface area contributed by atoms with E-state index in [0.29, 0.717) is 29.7 Å². The molecule has 106 valence electrons. The molecule has 0 N–H and O–H groups in total. The zero-order valence-electron chi connectivity index (χ0n) is 11.5. The summed E-state index contributed by atoms with van der Waals surface area (Å²) >= 11 is 6.35. The number of rotatable bonds is 5. The Morgan fingerprint density at radius 1 is 1.16 bits per heavy atom. The van der Waals surface area contributed by atoms with E-state index < -0.39 is 5.79 Å². The van der Waals surface area contributed by atoms with E-state index in [1.165, 1.54) is 0 Å². The van der Waals surface area contributed by atoms with Gasteiger partial charge in [0.15, 0.2) is 17.3 Å². The molecule has 0 saturated carbocycles. The fourth-order valence-corrected chi connectivity index (χ4v) is 2.66. The Hall–Kier alpha value is -0.970. The van der Waals surface area contributed by atoms with Gasteiger partial charge in [0.05, 0.1) is 32.5 Å². The van der Waals surface area contributed by atoms with Gasteiger partial charge in [0.2, 0.25) is 0 Å². The molecule has 0 aromatic heterocycles. The normalized spacial score (nSPS) is 17.5. The predicted octanol–water partition coefficient (Wildman–Crippen LogP) is 3.36. The Labute approximate surface area is 118 Å². The lowest BCUT2D eigenvalue weighted by Gasteiger charge is -2.29. The van der Waals surface area contributed by atoms with Gasteiger partial charge in [-0.15, -0.1) is 0 Å². The first kappa shape index (κ1) is 14.4. The summed E-state index contributed by atoms with van der Waals surface area (Å²) in [6.07, 6.45) is 1.69. The van der Waals surface area contributed by atoms with Crippen LogP contribution >= 0.6 is 11.6 Å². The van der Waals surface area contributed by atoms with Gasteiger partial charge in [0.25, 0.3) is 0 Å². The first-order valence-corrected chi connectivity index (χ1v) is 6.74. The molecule has 1 aliphatic rings. The van der Waals surface area contributed by atoms with Gasteiger partial charge in [0, 0.05) is 18.1 Å².